The minimum Gasteiger partial charge on any atom is -0.493 e. The van der Waals surface area contributed by atoms with Gasteiger partial charge in [-0.2, -0.15) is 0 Å². The van der Waals surface area contributed by atoms with E-state index in [0.717, 1.165) is 4.47 Å². The molecule has 0 aliphatic rings. The highest BCUT2D eigenvalue weighted by Crippen LogP contribution is 2.38. The molecule has 0 heterocycles. The van der Waals surface area contributed by atoms with E-state index < -0.39 is 0 Å². The summed E-state index contributed by atoms with van der Waals surface area (Å²) in [6.07, 6.45) is 0. The molecule has 0 bridgehead atoms. The smallest absolute Gasteiger partial charge is 0.164 e. The summed E-state index contributed by atoms with van der Waals surface area (Å²) in [4.78, 5) is 11.8. The average molecular weight is 351 g/mol. The number of hydrogen-bond donors (Lipinski definition) is 0. The Hall–Kier alpha value is -2.01. The van der Waals surface area contributed by atoms with E-state index >= 15 is 0 Å². The summed E-state index contributed by atoms with van der Waals surface area (Å²) >= 11 is 3.41. The summed E-state index contributed by atoms with van der Waals surface area (Å²) < 4.78 is 17.1. The molecule has 4 nitrogen and oxygen atoms in total. The zero-order chi connectivity index (χ0) is 15.4. The van der Waals surface area contributed by atoms with Gasteiger partial charge in [-0.25, -0.2) is 0 Å². The van der Waals surface area contributed by atoms with Gasteiger partial charge in [-0.3, -0.25) is 4.79 Å². The Labute approximate surface area is 131 Å². The number of hydrogen-bond acceptors (Lipinski definition) is 4. The molecule has 110 valence electrons. The fourth-order valence-corrected chi connectivity index (χ4v) is 2.23. The summed E-state index contributed by atoms with van der Waals surface area (Å²) in [7, 11) is 3.06. The minimum atomic E-state index is -0.113. The second-order valence-corrected chi connectivity index (χ2v) is 5.15. The Morgan fingerprint density at radius 2 is 1.57 bits per heavy atom. The van der Waals surface area contributed by atoms with Crippen molar-refractivity contribution in [3.05, 3.63) is 46.4 Å². The molecule has 0 radical (unpaired) electrons. The van der Waals surface area contributed by atoms with Gasteiger partial charge in [0.2, 0.25) is 0 Å². The van der Waals surface area contributed by atoms with Gasteiger partial charge in [0.15, 0.2) is 17.3 Å². The maximum absolute atomic E-state index is 11.8. The monoisotopic (exact) mass is 350 g/mol. The molecule has 2 rings (SSSR count). The van der Waals surface area contributed by atoms with Gasteiger partial charge < -0.3 is 14.2 Å². The van der Waals surface area contributed by atoms with Crippen molar-refractivity contribution in [1.82, 2.24) is 0 Å². The molecule has 21 heavy (non-hydrogen) atoms. The Balaban J connectivity index is 2.51. The Bertz CT molecular complexity index is 667. The van der Waals surface area contributed by atoms with Crippen molar-refractivity contribution in [2.45, 2.75) is 6.92 Å². The van der Waals surface area contributed by atoms with Crippen LogP contribution in [0, 0.1) is 0 Å². The molecule has 0 amide bonds. The summed E-state index contributed by atoms with van der Waals surface area (Å²) in [6, 6.07) is 10.7. The highest BCUT2D eigenvalue weighted by molar-refractivity contribution is 9.10. The highest BCUT2D eigenvalue weighted by atomic mass is 79.9. The maximum atomic E-state index is 11.8. The molecule has 0 fully saturated rings. The lowest BCUT2D eigenvalue weighted by Crippen LogP contribution is -2.00. The zero-order valence-corrected chi connectivity index (χ0v) is 13.6. The van der Waals surface area contributed by atoms with E-state index in [1.807, 2.05) is 24.3 Å². The van der Waals surface area contributed by atoms with Crippen molar-refractivity contribution < 1.29 is 19.0 Å². The number of Topliss-reactive ketones (excluding diaryl/α,β-unsaturated/α-hetero) is 1. The fourth-order valence-electron chi connectivity index (χ4n) is 1.87. The topological polar surface area (TPSA) is 44.8 Å². The molecular formula is C16H15BrO4. The van der Waals surface area contributed by atoms with Crippen LogP contribution in [0.3, 0.4) is 0 Å². The number of carbonyl (C=O) groups is 1. The van der Waals surface area contributed by atoms with E-state index in [-0.39, 0.29) is 5.78 Å². The molecule has 0 atom stereocenters. The third kappa shape index (κ3) is 3.36. The van der Waals surface area contributed by atoms with E-state index in [1.54, 1.807) is 12.1 Å². The lowest BCUT2D eigenvalue weighted by molar-refractivity contribution is 0.101. The first-order chi connectivity index (χ1) is 10.1. The van der Waals surface area contributed by atoms with Gasteiger partial charge >= 0.3 is 0 Å². The van der Waals surface area contributed by atoms with Crippen LogP contribution in [0.4, 0.5) is 0 Å². The summed E-state index contributed by atoms with van der Waals surface area (Å²) in [6.45, 7) is 1.48. The van der Waals surface area contributed by atoms with Crippen LogP contribution in [0.5, 0.6) is 23.0 Å². The Morgan fingerprint density at radius 1 is 0.952 bits per heavy atom. The van der Waals surface area contributed by atoms with Crippen molar-refractivity contribution in [2.75, 3.05) is 14.2 Å². The number of benzene rings is 2. The number of carbonyl (C=O) groups excluding carboxylic acids is 1. The van der Waals surface area contributed by atoms with Gasteiger partial charge in [0, 0.05) is 6.07 Å². The minimum absolute atomic E-state index is 0.113. The molecular weight excluding hydrogens is 336 g/mol. The number of ether oxygens (including phenoxy) is 3. The quantitative estimate of drug-likeness (QED) is 0.746. The van der Waals surface area contributed by atoms with Gasteiger partial charge in [-0.1, -0.05) is 12.1 Å². The van der Waals surface area contributed by atoms with Crippen molar-refractivity contribution >= 4 is 21.7 Å². The predicted molar refractivity (Wildman–Crippen MR) is 83.8 cm³/mol. The van der Waals surface area contributed by atoms with Gasteiger partial charge in [-0.15, -0.1) is 0 Å². The van der Waals surface area contributed by atoms with E-state index in [1.165, 1.54) is 21.1 Å². The number of ketones is 1. The van der Waals surface area contributed by atoms with Crippen LogP contribution >= 0.6 is 15.9 Å². The molecule has 0 unspecified atom stereocenters. The largest absolute Gasteiger partial charge is 0.493 e. The predicted octanol–water partition coefficient (Wildman–Crippen LogP) is 4.46. The third-order valence-corrected chi connectivity index (χ3v) is 3.58. The fraction of sp³-hybridized carbons (Fsp3) is 0.188. The first kappa shape index (κ1) is 15.4. The van der Waals surface area contributed by atoms with Crippen LogP contribution in [0.1, 0.15) is 17.3 Å². The summed E-state index contributed by atoms with van der Waals surface area (Å²) in [5, 5.41) is 0. The van der Waals surface area contributed by atoms with E-state index in [2.05, 4.69) is 15.9 Å². The summed E-state index contributed by atoms with van der Waals surface area (Å²) in [5.41, 5.74) is 0.434. The normalized spacial score (nSPS) is 10.1. The van der Waals surface area contributed by atoms with Crippen molar-refractivity contribution in [3.8, 4) is 23.0 Å². The lowest BCUT2D eigenvalue weighted by Gasteiger charge is -2.14. The van der Waals surface area contributed by atoms with Crippen LogP contribution in [0.15, 0.2) is 40.9 Å². The Morgan fingerprint density at radius 3 is 2.14 bits per heavy atom. The third-order valence-electron chi connectivity index (χ3n) is 2.92. The number of rotatable bonds is 5. The molecule has 5 heteroatoms. The van der Waals surface area contributed by atoms with Crippen LogP contribution in [-0.4, -0.2) is 20.0 Å². The second-order valence-electron chi connectivity index (χ2n) is 4.29. The standard InChI is InChI=1S/C16H15BrO4/c1-10(18)11-8-15(19-2)16(20-3)9-14(11)21-13-7-5-4-6-12(13)17/h4-9H,1-3H3. The molecule has 2 aromatic carbocycles. The molecule has 2 aromatic rings. The molecule has 0 aliphatic carbocycles. The van der Waals surface area contributed by atoms with Crippen molar-refractivity contribution in [2.24, 2.45) is 0 Å². The Kier molecular flexibility index (Phi) is 4.85. The molecule has 0 saturated carbocycles. The second kappa shape index (κ2) is 6.63. The molecule has 0 N–H and O–H groups in total. The van der Waals surface area contributed by atoms with Crippen LogP contribution in [-0.2, 0) is 0 Å². The zero-order valence-electron chi connectivity index (χ0n) is 12.0. The maximum Gasteiger partial charge on any atom is 0.164 e. The number of halogens is 1. The van der Waals surface area contributed by atoms with E-state index in [4.69, 9.17) is 14.2 Å². The van der Waals surface area contributed by atoms with Crippen molar-refractivity contribution in [3.63, 3.8) is 0 Å². The summed E-state index contributed by atoms with van der Waals surface area (Å²) in [5.74, 6) is 1.92. The molecule has 0 aromatic heterocycles. The van der Waals surface area contributed by atoms with Gasteiger partial charge in [-0.05, 0) is 41.1 Å². The first-order valence-corrected chi connectivity index (χ1v) is 7.05. The molecule has 0 spiro atoms. The van der Waals surface area contributed by atoms with Gasteiger partial charge in [0.05, 0.1) is 24.3 Å². The molecule has 0 aliphatic heterocycles. The number of methoxy groups -OCH3 is 2. The number of para-hydroxylation sites is 1. The van der Waals surface area contributed by atoms with Crippen LogP contribution in [0.25, 0.3) is 0 Å². The van der Waals surface area contributed by atoms with Crippen LogP contribution < -0.4 is 14.2 Å². The van der Waals surface area contributed by atoms with E-state index in [0.29, 0.717) is 28.6 Å². The molecule has 0 saturated heterocycles. The van der Waals surface area contributed by atoms with E-state index in [9.17, 15) is 4.79 Å². The lowest BCUT2D eigenvalue weighted by atomic mass is 10.1. The highest BCUT2D eigenvalue weighted by Gasteiger charge is 2.16. The van der Waals surface area contributed by atoms with Crippen LogP contribution in [0.2, 0.25) is 0 Å². The van der Waals surface area contributed by atoms with Gasteiger partial charge in [0.1, 0.15) is 11.5 Å². The first-order valence-electron chi connectivity index (χ1n) is 6.26. The SMILES string of the molecule is COc1cc(Oc2ccccc2Br)c(C(C)=O)cc1OC. The van der Waals surface area contributed by atoms with Gasteiger partial charge in [0.25, 0.3) is 0 Å². The average Bonchev–Trinajstić information content (AvgIpc) is 2.48. The van der Waals surface area contributed by atoms with Crippen molar-refractivity contribution in [1.29, 1.82) is 0 Å².